The Bertz CT molecular complexity index is 1430. The lowest BCUT2D eigenvalue weighted by Gasteiger charge is -2.14. The minimum atomic E-state index is 0.00336. The lowest BCUT2D eigenvalue weighted by atomic mass is 9.92. The second-order valence-electron chi connectivity index (χ2n) is 9.75. The van der Waals surface area contributed by atoms with Gasteiger partial charge in [-0.05, 0) is 72.5 Å². The van der Waals surface area contributed by atoms with E-state index in [-0.39, 0.29) is 11.8 Å². The summed E-state index contributed by atoms with van der Waals surface area (Å²) < 4.78 is 0. The van der Waals surface area contributed by atoms with Gasteiger partial charge in [0.25, 0.3) is 0 Å². The number of likely N-dealkylation sites (tertiary alicyclic amines) is 1. The number of H-pyrrole nitrogens is 1. The van der Waals surface area contributed by atoms with Crippen molar-refractivity contribution < 1.29 is 4.79 Å². The van der Waals surface area contributed by atoms with E-state index in [1.165, 1.54) is 31.5 Å². The van der Waals surface area contributed by atoms with Gasteiger partial charge in [-0.3, -0.25) is 14.8 Å². The van der Waals surface area contributed by atoms with Crippen molar-refractivity contribution in [3.05, 3.63) is 106 Å². The molecule has 0 bridgehead atoms. The molecule has 1 unspecified atom stereocenters. The molecule has 2 fully saturated rings. The Labute approximate surface area is 211 Å². The van der Waals surface area contributed by atoms with Crippen LogP contribution in [-0.2, 0) is 11.3 Å². The van der Waals surface area contributed by atoms with Crippen LogP contribution in [0.15, 0.2) is 78.4 Å². The van der Waals surface area contributed by atoms with E-state index in [4.69, 9.17) is 0 Å². The summed E-state index contributed by atoms with van der Waals surface area (Å²) in [6.45, 7) is 4.11. The average Bonchev–Trinajstić information content (AvgIpc) is 3.65. The highest BCUT2D eigenvalue weighted by atomic mass is 16.2. The maximum Gasteiger partial charge on any atom is 0.247 e. The molecule has 2 aliphatic rings. The van der Waals surface area contributed by atoms with Gasteiger partial charge in [-0.2, -0.15) is 5.10 Å². The molecule has 6 rings (SSSR count). The molecule has 1 amide bonds. The quantitative estimate of drug-likeness (QED) is 0.356. The first-order valence-corrected chi connectivity index (χ1v) is 12.8. The molecule has 36 heavy (non-hydrogen) atoms. The van der Waals surface area contributed by atoms with E-state index >= 15 is 0 Å². The van der Waals surface area contributed by atoms with Crippen LogP contribution in [0.4, 0.5) is 0 Å². The molecule has 5 nitrogen and oxygen atoms in total. The molecule has 1 aromatic heterocycles. The van der Waals surface area contributed by atoms with Gasteiger partial charge in [0.05, 0.1) is 11.2 Å². The summed E-state index contributed by atoms with van der Waals surface area (Å²) in [5, 5.41) is 11.7. The number of nitrogens with one attached hydrogen (secondary N) is 2. The lowest BCUT2D eigenvalue weighted by molar-refractivity contribution is -0.116. The molecule has 3 heterocycles. The number of fused-ring (bicyclic) bond motifs is 1. The Morgan fingerprint density at radius 1 is 0.917 bits per heavy atom. The first-order valence-electron chi connectivity index (χ1n) is 12.8. The highest BCUT2D eigenvalue weighted by Crippen LogP contribution is 2.30. The topological polar surface area (TPSA) is 61.0 Å². The van der Waals surface area contributed by atoms with Crippen LogP contribution in [0.5, 0.6) is 0 Å². The van der Waals surface area contributed by atoms with E-state index < -0.39 is 0 Å². The smallest absolute Gasteiger partial charge is 0.247 e. The van der Waals surface area contributed by atoms with E-state index in [2.05, 4.69) is 87.2 Å². The third-order valence-electron chi connectivity index (χ3n) is 7.26. The predicted molar refractivity (Wildman–Crippen MR) is 146 cm³/mol. The fourth-order valence-corrected chi connectivity index (χ4v) is 5.28. The number of aromatic amines is 1. The third-order valence-corrected chi connectivity index (χ3v) is 7.26. The van der Waals surface area contributed by atoms with Crippen molar-refractivity contribution >= 4 is 35.0 Å². The SMILES string of the molecule is O=C1NCC(c2ccccc2)/C1=C\c1ccc2c(/C=C/c3ccc(CN4CCCC4)cc3)n[nH]c2c1. The Balaban J connectivity index is 1.19. The van der Waals surface area contributed by atoms with Crippen LogP contribution in [0.1, 0.15) is 46.7 Å². The second-order valence-corrected chi connectivity index (χ2v) is 9.75. The van der Waals surface area contributed by atoms with Crippen LogP contribution in [0.3, 0.4) is 0 Å². The summed E-state index contributed by atoms with van der Waals surface area (Å²) in [6, 6.07) is 25.2. The number of hydrogen-bond donors (Lipinski definition) is 2. The van der Waals surface area contributed by atoms with Crippen molar-refractivity contribution in [1.29, 1.82) is 0 Å². The van der Waals surface area contributed by atoms with Crippen LogP contribution in [0.2, 0.25) is 0 Å². The highest BCUT2D eigenvalue weighted by Gasteiger charge is 2.29. The van der Waals surface area contributed by atoms with Gasteiger partial charge in [-0.1, -0.05) is 66.7 Å². The number of carbonyl (C=O) groups is 1. The summed E-state index contributed by atoms with van der Waals surface area (Å²) in [5.74, 6) is 0.0695. The number of carbonyl (C=O) groups excluding carboxylic acids is 1. The number of nitrogens with zero attached hydrogens (tertiary/aromatic N) is 2. The maximum absolute atomic E-state index is 12.5. The zero-order valence-corrected chi connectivity index (χ0v) is 20.3. The summed E-state index contributed by atoms with van der Waals surface area (Å²) >= 11 is 0. The number of benzene rings is 3. The Kier molecular flexibility index (Phi) is 6.22. The van der Waals surface area contributed by atoms with Crippen LogP contribution in [0, 0.1) is 0 Å². The first-order chi connectivity index (χ1) is 17.7. The molecule has 2 aliphatic heterocycles. The Hall–Kier alpha value is -3.96. The van der Waals surface area contributed by atoms with Gasteiger partial charge in [0.1, 0.15) is 0 Å². The summed E-state index contributed by atoms with van der Waals surface area (Å²) in [4.78, 5) is 15.1. The molecule has 2 saturated heterocycles. The van der Waals surface area contributed by atoms with Crippen molar-refractivity contribution in [2.45, 2.75) is 25.3 Å². The molecule has 4 aromatic rings. The van der Waals surface area contributed by atoms with Crippen molar-refractivity contribution in [2.75, 3.05) is 19.6 Å². The highest BCUT2D eigenvalue weighted by molar-refractivity contribution is 6.02. The molecule has 3 aromatic carbocycles. The predicted octanol–water partition coefficient (Wildman–Crippen LogP) is 5.63. The monoisotopic (exact) mass is 474 g/mol. The first kappa shape index (κ1) is 22.5. The Morgan fingerprint density at radius 3 is 2.50 bits per heavy atom. The van der Waals surface area contributed by atoms with Crippen molar-refractivity contribution in [1.82, 2.24) is 20.4 Å². The molecule has 0 saturated carbocycles. The van der Waals surface area contributed by atoms with Crippen LogP contribution < -0.4 is 5.32 Å². The fraction of sp³-hybridized carbons (Fsp3) is 0.226. The normalized spacial score (nSPS) is 19.6. The van der Waals surface area contributed by atoms with Crippen molar-refractivity contribution in [3.63, 3.8) is 0 Å². The van der Waals surface area contributed by atoms with Crippen LogP contribution in [-0.4, -0.2) is 40.6 Å². The van der Waals surface area contributed by atoms with E-state index in [0.717, 1.165) is 45.4 Å². The summed E-state index contributed by atoms with van der Waals surface area (Å²) in [6.07, 6.45) is 8.81. The maximum atomic E-state index is 12.5. The molecule has 0 radical (unpaired) electrons. The van der Waals surface area contributed by atoms with Gasteiger partial charge in [-0.15, -0.1) is 0 Å². The second kappa shape index (κ2) is 9.96. The third kappa shape index (κ3) is 4.75. The number of hydrogen-bond acceptors (Lipinski definition) is 3. The van der Waals surface area contributed by atoms with Gasteiger partial charge in [0, 0.05) is 30.0 Å². The van der Waals surface area contributed by atoms with E-state index in [1.54, 1.807) is 0 Å². The largest absolute Gasteiger partial charge is 0.351 e. The van der Waals surface area contributed by atoms with E-state index in [1.807, 2.05) is 24.3 Å². The zero-order valence-electron chi connectivity index (χ0n) is 20.3. The van der Waals surface area contributed by atoms with Gasteiger partial charge in [0.2, 0.25) is 5.91 Å². The fourth-order valence-electron chi connectivity index (χ4n) is 5.28. The van der Waals surface area contributed by atoms with Gasteiger partial charge in [0.15, 0.2) is 0 Å². The molecule has 180 valence electrons. The number of amides is 1. The minimum Gasteiger partial charge on any atom is -0.351 e. The van der Waals surface area contributed by atoms with Gasteiger partial charge < -0.3 is 5.32 Å². The molecule has 1 atom stereocenters. The molecule has 2 N–H and O–H groups in total. The van der Waals surface area contributed by atoms with Crippen molar-refractivity contribution in [3.8, 4) is 0 Å². The average molecular weight is 475 g/mol. The molecular weight excluding hydrogens is 444 g/mol. The standard InChI is InChI=1S/C31H30N4O/c36-31-27(28(20-32-31)25-6-2-1-3-7-25)18-24-12-14-26-29(33-34-30(26)19-24)15-13-22-8-10-23(11-9-22)21-35-16-4-5-17-35/h1-3,6-15,18-19,28H,4-5,16-17,20-21H2,(H,32,36)(H,33,34)/b15-13+,27-18+. The van der Waals surface area contributed by atoms with E-state index in [9.17, 15) is 4.79 Å². The number of aromatic nitrogens is 2. The van der Waals surface area contributed by atoms with Gasteiger partial charge >= 0.3 is 0 Å². The molecule has 0 aliphatic carbocycles. The lowest BCUT2D eigenvalue weighted by Crippen LogP contribution is -2.18. The molecular formula is C31H30N4O. The number of rotatable bonds is 6. The summed E-state index contributed by atoms with van der Waals surface area (Å²) in [5.41, 5.74) is 7.34. The van der Waals surface area contributed by atoms with Gasteiger partial charge in [-0.25, -0.2) is 0 Å². The minimum absolute atomic E-state index is 0.00336. The zero-order chi connectivity index (χ0) is 24.3. The van der Waals surface area contributed by atoms with Crippen molar-refractivity contribution in [2.24, 2.45) is 0 Å². The van der Waals surface area contributed by atoms with E-state index in [0.29, 0.717) is 6.54 Å². The Morgan fingerprint density at radius 2 is 1.69 bits per heavy atom. The molecule has 5 heteroatoms. The van der Waals surface area contributed by atoms with Crippen LogP contribution in [0.25, 0.3) is 29.1 Å². The van der Waals surface area contributed by atoms with Crippen LogP contribution >= 0.6 is 0 Å². The molecule has 0 spiro atoms. The summed E-state index contributed by atoms with van der Waals surface area (Å²) in [7, 11) is 0.